The number of carbonyl (C=O) groups excluding carboxylic acids is 1. The zero-order valence-corrected chi connectivity index (χ0v) is 15.1. The minimum Gasteiger partial charge on any atom is -0.383 e. The number of aryl methyl sites for hydroxylation is 1. The van der Waals surface area contributed by atoms with Crippen molar-refractivity contribution < 1.29 is 9.90 Å². The first-order valence-corrected chi connectivity index (χ1v) is 8.67. The van der Waals surface area contributed by atoms with Crippen molar-refractivity contribution in [3.63, 3.8) is 0 Å². The van der Waals surface area contributed by atoms with Gasteiger partial charge in [-0.15, -0.1) is 0 Å². The van der Waals surface area contributed by atoms with Crippen molar-refractivity contribution in [2.45, 2.75) is 38.5 Å². The Kier molecular flexibility index (Phi) is 4.92. The molecule has 3 rings (SSSR count). The standard InChI is InChI=1S/C19H26N4O2/c1-14(23-9-8-15-6-4-5-7-16(15)11-23)18(24)20-13-19(2,25)17-10-21-22(3)12-17/h4-7,10,12,14,25H,8-9,11,13H2,1-3H3,(H,20,24). The highest BCUT2D eigenvalue weighted by Crippen LogP contribution is 2.21. The molecular weight excluding hydrogens is 316 g/mol. The number of aromatic nitrogens is 2. The molecule has 0 aliphatic carbocycles. The van der Waals surface area contributed by atoms with E-state index in [9.17, 15) is 9.90 Å². The molecule has 25 heavy (non-hydrogen) atoms. The van der Waals surface area contributed by atoms with Crippen LogP contribution >= 0.6 is 0 Å². The van der Waals surface area contributed by atoms with Gasteiger partial charge >= 0.3 is 0 Å². The normalized spacial score (nSPS) is 18.2. The first-order valence-electron chi connectivity index (χ1n) is 8.67. The van der Waals surface area contributed by atoms with Crippen LogP contribution in [0.3, 0.4) is 0 Å². The summed E-state index contributed by atoms with van der Waals surface area (Å²) < 4.78 is 1.64. The highest BCUT2D eigenvalue weighted by molar-refractivity contribution is 5.81. The maximum absolute atomic E-state index is 12.6. The molecular formula is C19H26N4O2. The lowest BCUT2D eigenvalue weighted by Gasteiger charge is -2.33. The lowest BCUT2D eigenvalue weighted by atomic mass is 9.98. The SMILES string of the molecule is CC(C(=O)NCC(C)(O)c1cnn(C)c1)N1CCc2ccccc2C1. The number of hydrogen-bond donors (Lipinski definition) is 2. The molecule has 0 bridgehead atoms. The van der Waals surface area contributed by atoms with Crippen LogP contribution in [-0.2, 0) is 30.4 Å². The monoisotopic (exact) mass is 342 g/mol. The minimum absolute atomic E-state index is 0.0662. The molecule has 1 aliphatic heterocycles. The molecule has 134 valence electrons. The van der Waals surface area contributed by atoms with E-state index in [1.807, 2.05) is 13.0 Å². The van der Waals surface area contributed by atoms with Gasteiger partial charge in [-0.25, -0.2) is 0 Å². The molecule has 2 atom stereocenters. The fraction of sp³-hybridized carbons (Fsp3) is 0.474. The van der Waals surface area contributed by atoms with Crippen LogP contribution in [0.4, 0.5) is 0 Å². The van der Waals surface area contributed by atoms with Gasteiger partial charge < -0.3 is 10.4 Å². The van der Waals surface area contributed by atoms with Crippen molar-refractivity contribution in [2.75, 3.05) is 13.1 Å². The zero-order valence-electron chi connectivity index (χ0n) is 15.1. The molecule has 2 aromatic rings. The van der Waals surface area contributed by atoms with E-state index in [1.165, 1.54) is 11.1 Å². The number of carbonyl (C=O) groups is 1. The lowest BCUT2D eigenvalue weighted by molar-refractivity contribution is -0.127. The maximum Gasteiger partial charge on any atom is 0.237 e. The minimum atomic E-state index is -1.14. The van der Waals surface area contributed by atoms with Gasteiger partial charge in [-0.05, 0) is 31.4 Å². The quantitative estimate of drug-likeness (QED) is 0.856. The number of hydrogen-bond acceptors (Lipinski definition) is 4. The van der Waals surface area contributed by atoms with Crippen LogP contribution in [0.2, 0.25) is 0 Å². The van der Waals surface area contributed by atoms with Crippen molar-refractivity contribution in [3.8, 4) is 0 Å². The van der Waals surface area contributed by atoms with Crippen LogP contribution in [0.15, 0.2) is 36.7 Å². The smallest absolute Gasteiger partial charge is 0.237 e. The van der Waals surface area contributed by atoms with Gasteiger partial charge in [0.15, 0.2) is 0 Å². The van der Waals surface area contributed by atoms with Gasteiger partial charge in [-0.3, -0.25) is 14.4 Å². The fourth-order valence-electron chi connectivity index (χ4n) is 3.22. The van der Waals surface area contributed by atoms with Gasteiger partial charge in [0.05, 0.1) is 18.8 Å². The Morgan fingerprint density at radius 2 is 2.12 bits per heavy atom. The average Bonchev–Trinajstić information content (AvgIpc) is 3.06. The number of benzene rings is 1. The summed E-state index contributed by atoms with van der Waals surface area (Å²) in [5.74, 6) is -0.0662. The summed E-state index contributed by atoms with van der Waals surface area (Å²) in [5.41, 5.74) is 2.20. The zero-order chi connectivity index (χ0) is 18.0. The maximum atomic E-state index is 12.6. The Morgan fingerprint density at radius 1 is 1.40 bits per heavy atom. The number of fused-ring (bicyclic) bond motifs is 1. The molecule has 0 saturated heterocycles. The summed E-state index contributed by atoms with van der Waals surface area (Å²) in [4.78, 5) is 14.7. The van der Waals surface area contributed by atoms with E-state index in [0.29, 0.717) is 5.56 Å². The molecule has 0 spiro atoms. The molecule has 1 aromatic carbocycles. The van der Waals surface area contributed by atoms with Gasteiger partial charge in [0.25, 0.3) is 0 Å². The predicted molar refractivity (Wildman–Crippen MR) is 95.8 cm³/mol. The topological polar surface area (TPSA) is 70.4 Å². The largest absolute Gasteiger partial charge is 0.383 e. The van der Waals surface area contributed by atoms with E-state index in [4.69, 9.17) is 0 Å². The van der Waals surface area contributed by atoms with Gasteiger partial charge in [0, 0.05) is 31.9 Å². The molecule has 1 aliphatic rings. The molecule has 1 aromatic heterocycles. The number of amides is 1. The fourth-order valence-corrected chi connectivity index (χ4v) is 3.22. The average molecular weight is 342 g/mol. The third-order valence-corrected chi connectivity index (χ3v) is 5.02. The Bertz CT molecular complexity index is 753. The first-order chi connectivity index (χ1) is 11.9. The third kappa shape index (κ3) is 3.91. The van der Waals surface area contributed by atoms with Crippen molar-refractivity contribution in [2.24, 2.45) is 7.05 Å². The van der Waals surface area contributed by atoms with Gasteiger partial charge in [-0.1, -0.05) is 24.3 Å². The Labute approximate surface area is 148 Å². The molecule has 0 saturated carbocycles. The summed E-state index contributed by atoms with van der Waals surface area (Å²) in [5, 5.41) is 17.5. The summed E-state index contributed by atoms with van der Waals surface area (Å²) in [6.07, 6.45) is 4.34. The first kappa shape index (κ1) is 17.6. The van der Waals surface area contributed by atoms with Crippen LogP contribution in [0.25, 0.3) is 0 Å². The third-order valence-electron chi connectivity index (χ3n) is 5.02. The van der Waals surface area contributed by atoms with E-state index < -0.39 is 5.60 Å². The molecule has 6 heteroatoms. The summed E-state index contributed by atoms with van der Waals surface area (Å²) >= 11 is 0. The number of rotatable bonds is 5. The number of nitrogens with one attached hydrogen (secondary N) is 1. The van der Waals surface area contributed by atoms with Gasteiger partial charge in [0.2, 0.25) is 5.91 Å². The molecule has 0 radical (unpaired) electrons. The van der Waals surface area contributed by atoms with Crippen molar-refractivity contribution in [3.05, 3.63) is 53.3 Å². The van der Waals surface area contributed by atoms with Gasteiger partial charge in [-0.2, -0.15) is 5.10 Å². The van der Waals surface area contributed by atoms with Crippen molar-refractivity contribution in [1.29, 1.82) is 0 Å². The molecule has 0 fully saturated rings. The Hall–Kier alpha value is -2.18. The van der Waals surface area contributed by atoms with Crippen LogP contribution in [0.5, 0.6) is 0 Å². The molecule has 2 unspecified atom stereocenters. The number of nitrogens with zero attached hydrogens (tertiary/aromatic N) is 3. The summed E-state index contributed by atoms with van der Waals surface area (Å²) in [7, 11) is 1.80. The number of aliphatic hydroxyl groups is 1. The molecule has 1 amide bonds. The Balaban J connectivity index is 1.58. The highest BCUT2D eigenvalue weighted by atomic mass is 16.3. The van der Waals surface area contributed by atoms with Crippen LogP contribution in [0, 0.1) is 0 Å². The van der Waals surface area contributed by atoms with Gasteiger partial charge in [0.1, 0.15) is 5.60 Å². The highest BCUT2D eigenvalue weighted by Gasteiger charge is 2.29. The van der Waals surface area contributed by atoms with Crippen molar-refractivity contribution >= 4 is 5.91 Å². The molecule has 2 heterocycles. The second-order valence-electron chi connectivity index (χ2n) is 7.06. The van der Waals surface area contributed by atoms with E-state index in [0.717, 1.165) is 19.5 Å². The lowest BCUT2D eigenvalue weighted by Crippen LogP contribution is -2.49. The Morgan fingerprint density at radius 3 is 2.80 bits per heavy atom. The van der Waals surface area contributed by atoms with Crippen LogP contribution < -0.4 is 5.32 Å². The van der Waals surface area contributed by atoms with E-state index in [1.54, 1.807) is 31.0 Å². The second-order valence-corrected chi connectivity index (χ2v) is 7.06. The predicted octanol–water partition coefficient (Wildman–Crippen LogP) is 1.19. The van der Waals surface area contributed by atoms with E-state index in [2.05, 4.69) is 33.5 Å². The van der Waals surface area contributed by atoms with Crippen molar-refractivity contribution in [1.82, 2.24) is 20.0 Å². The molecule has 6 nitrogen and oxygen atoms in total. The van der Waals surface area contributed by atoms with Crippen LogP contribution in [0.1, 0.15) is 30.5 Å². The summed E-state index contributed by atoms with van der Waals surface area (Å²) in [6.45, 7) is 5.41. The van der Waals surface area contributed by atoms with Crippen LogP contribution in [-0.4, -0.2) is 44.8 Å². The summed E-state index contributed by atoms with van der Waals surface area (Å²) in [6, 6.07) is 8.14. The van der Waals surface area contributed by atoms with E-state index in [-0.39, 0.29) is 18.5 Å². The second kappa shape index (κ2) is 6.98. The van der Waals surface area contributed by atoms with E-state index >= 15 is 0 Å². The molecule has 2 N–H and O–H groups in total.